The molecule has 1 aromatic rings. The van der Waals surface area contributed by atoms with Gasteiger partial charge in [-0.2, -0.15) is 0 Å². The predicted molar refractivity (Wildman–Crippen MR) is 41.3 cm³/mol. The van der Waals surface area contributed by atoms with Gasteiger partial charge in [-0.15, -0.1) is 0 Å². The Kier molecular flexibility index (Phi) is 2.71. The van der Waals surface area contributed by atoms with Gasteiger partial charge < -0.3 is 10.8 Å². The number of carboxylic acids is 1. The van der Waals surface area contributed by atoms with Crippen molar-refractivity contribution in [3.63, 3.8) is 0 Å². The Balaban J connectivity index is 2.58. The summed E-state index contributed by atoms with van der Waals surface area (Å²) >= 11 is 0. The van der Waals surface area contributed by atoms with Gasteiger partial charge in [0.1, 0.15) is 11.9 Å². The number of nitrogens with zero attached hydrogens (tertiary/aromatic N) is 2. The zero-order valence-corrected chi connectivity index (χ0v) is 6.34. The Morgan fingerprint density at radius 1 is 1.58 bits per heavy atom. The quantitative estimate of drug-likeness (QED) is 0.629. The van der Waals surface area contributed by atoms with Crippen LogP contribution in [0.5, 0.6) is 0 Å². The molecular weight excluding hydrogens is 158 g/mol. The largest absolute Gasteiger partial charge is 0.480 e. The third-order valence-corrected chi connectivity index (χ3v) is 1.34. The topological polar surface area (TPSA) is 89.1 Å². The summed E-state index contributed by atoms with van der Waals surface area (Å²) in [6.45, 7) is 0. The van der Waals surface area contributed by atoms with Gasteiger partial charge in [-0.25, -0.2) is 9.97 Å². The van der Waals surface area contributed by atoms with Gasteiger partial charge in [0.15, 0.2) is 0 Å². The van der Waals surface area contributed by atoms with Crippen LogP contribution >= 0.6 is 0 Å². The summed E-state index contributed by atoms with van der Waals surface area (Å²) in [6, 6.07) is 0.739. The minimum absolute atomic E-state index is 0.163. The highest BCUT2D eigenvalue weighted by atomic mass is 16.4. The number of carboxylic acid groups (broad SMARTS) is 1. The maximum absolute atomic E-state index is 10.3. The summed E-state index contributed by atoms with van der Waals surface area (Å²) in [4.78, 5) is 18.0. The average molecular weight is 167 g/mol. The number of hydrogen-bond acceptors (Lipinski definition) is 4. The molecule has 0 amide bonds. The van der Waals surface area contributed by atoms with Crippen LogP contribution in [0.25, 0.3) is 0 Å². The van der Waals surface area contributed by atoms with Crippen molar-refractivity contribution < 1.29 is 9.90 Å². The van der Waals surface area contributed by atoms with E-state index in [9.17, 15) is 4.79 Å². The molecule has 0 radical (unpaired) electrons. The number of carbonyl (C=O) groups is 1. The molecule has 1 aromatic heterocycles. The lowest BCUT2D eigenvalue weighted by Crippen LogP contribution is -2.32. The highest BCUT2D eigenvalue weighted by Crippen LogP contribution is 1.92. The molecule has 3 N–H and O–H groups in total. The van der Waals surface area contributed by atoms with E-state index in [1.165, 1.54) is 0 Å². The van der Waals surface area contributed by atoms with Crippen molar-refractivity contribution in [1.82, 2.24) is 9.97 Å². The van der Waals surface area contributed by atoms with E-state index in [-0.39, 0.29) is 6.42 Å². The molecule has 0 aliphatic rings. The van der Waals surface area contributed by atoms with Crippen molar-refractivity contribution in [2.75, 3.05) is 0 Å². The first-order valence-electron chi connectivity index (χ1n) is 3.44. The van der Waals surface area contributed by atoms with Crippen LogP contribution in [-0.4, -0.2) is 27.1 Å². The van der Waals surface area contributed by atoms with E-state index in [1.54, 1.807) is 18.5 Å². The van der Waals surface area contributed by atoms with Gasteiger partial charge in [0, 0.05) is 18.8 Å². The number of aliphatic carboxylic acids is 1. The zero-order valence-electron chi connectivity index (χ0n) is 6.34. The summed E-state index contributed by atoms with van der Waals surface area (Å²) in [7, 11) is 0. The Hall–Kier alpha value is -1.49. The van der Waals surface area contributed by atoms with Crippen molar-refractivity contribution in [1.29, 1.82) is 0 Å². The van der Waals surface area contributed by atoms with Gasteiger partial charge >= 0.3 is 5.97 Å². The van der Waals surface area contributed by atoms with Crippen LogP contribution < -0.4 is 5.73 Å². The number of rotatable bonds is 3. The number of aromatic nitrogens is 2. The first kappa shape index (κ1) is 8.61. The Morgan fingerprint density at radius 2 is 2.17 bits per heavy atom. The fourth-order valence-corrected chi connectivity index (χ4v) is 0.719. The molecule has 5 heteroatoms. The van der Waals surface area contributed by atoms with E-state index < -0.39 is 12.0 Å². The lowest BCUT2D eigenvalue weighted by molar-refractivity contribution is -0.138. The zero-order chi connectivity index (χ0) is 8.97. The van der Waals surface area contributed by atoms with Crippen LogP contribution in [0.1, 0.15) is 5.82 Å². The Labute approximate surface area is 69.3 Å². The summed E-state index contributed by atoms with van der Waals surface area (Å²) < 4.78 is 0. The van der Waals surface area contributed by atoms with E-state index in [0.717, 1.165) is 0 Å². The lowest BCUT2D eigenvalue weighted by Gasteiger charge is -2.03. The molecule has 0 saturated carbocycles. The van der Waals surface area contributed by atoms with Crippen LogP contribution in [0.3, 0.4) is 0 Å². The van der Waals surface area contributed by atoms with Gasteiger partial charge in [-0.05, 0) is 6.07 Å². The van der Waals surface area contributed by atoms with Gasteiger partial charge in [-0.1, -0.05) is 0 Å². The molecule has 0 aliphatic heterocycles. The molecule has 1 heterocycles. The number of nitrogens with two attached hydrogens (primary N) is 1. The molecule has 5 nitrogen and oxygen atoms in total. The monoisotopic (exact) mass is 167 g/mol. The van der Waals surface area contributed by atoms with E-state index in [4.69, 9.17) is 10.8 Å². The molecule has 1 rings (SSSR count). The molecule has 1 atom stereocenters. The number of hydrogen-bond donors (Lipinski definition) is 2. The second-order valence-corrected chi connectivity index (χ2v) is 2.31. The molecule has 0 aromatic carbocycles. The van der Waals surface area contributed by atoms with Crippen LogP contribution in [-0.2, 0) is 11.2 Å². The molecule has 0 unspecified atom stereocenters. The smallest absolute Gasteiger partial charge is 0.320 e. The van der Waals surface area contributed by atoms with E-state index in [0.29, 0.717) is 5.82 Å². The highest BCUT2D eigenvalue weighted by molar-refractivity contribution is 5.73. The normalized spacial score (nSPS) is 12.4. The average Bonchev–Trinajstić information content (AvgIpc) is 2.06. The molecule has 0 saturated heterocycles. The van der Waals surface area contributed by atoms with E-state index in [1.807, 2.05) is 0 Å². The minimum atomic E-state index is -1.04. The molecule has 64 valence electrons. The second kappa shape index (κ2) is 3.77. The molecule has 0 aliphatic carbocycles. The van der Waals surface area contributed by atoms with Gasteiger partial charge in [0.2, 0.25) is 0 Å². The van der Waals surface area contributed by atoms with Crippen molar-refractivity contribution in [2.45, 2.75) is 12.5 Å². The lowest BCUT2D eigenvalue weighted by atomic mass is 10.2. The predicted octanol–water partition coefficient (Wildman–Crippen LogP) is -0.569. The fourth-order valence-electron chi connectivity index (χ4n) is 0.719. The first-order chi connectivity index (χ1) is 5.70. The summed E-state index contributed by atoms with van der Waals surface area (Å²) in [5, 5.41) is 8.46. The summed E-state index contributed by atoms with van der Waals surface area (Å²) in [5.41, 5.74) is 5.27. The molecule has 0 fully saturated rings. The van der Waals surface area contributed by atoms with Crippen molar-refractivity contribution in [3.8, 4) is 0 Å². The first-order valence-corrected chi connectivity index (χ1v) is 3.44. The summed E-state index contributed by atoms with van der Waals surface area (Å²) in [5.74, 6) is -0.588. The minimum Gasteiger partial charge on any atom is -0.480 e. The molecular formula is C7H9N3O2. The van der Waals surface area contributed by atoms with Crippen molar-refractivity contribution in [3.05, 3.63) is 24.3 Å². The Morgan fingerprint density at radius 3 is 2.67 bits per heavy atom. The van der Waals surface area contributed by atoms with Crippen LogP contribution in [0.4, 0.5) is 0 Å². The van der Waals surface area contributed by atoms with Gasteiger partial charge in [0.05, 0.1) is 0 Å². The van der Waals surface area contributed by atoms with E-state index >= 15 is 0 Å². The fraction of sp³-hybridized carbons (Fsp3) is 0.286. The van der Waals surface area contributed by atoms with Crippen LogP contribution in [0.15, 0.2) is 18.5 Å². The third kappa shape index (κ3) is 2.28. The Bertz CT molecular complexity index is 263. The van der Waals surface area contributed by atoms with Crippen molar-refractivity contribution in [2.24, 2.45) is 5.73 Å². The third-order valence-electron chi connectivity index (χ3n) is 1.34. The maximum Gasteiger partial charge on any atom is 0.320 e. The SMILES string of the molecule is N[C@H](Cc1ncccn1)C(=O)O. The molecule has 0 spiro atoms. The maximum atomic E-state index is 10.3. The van der Waals surface area contributed by atoms with Crippen LogP contribution in [0.2, 0.25) is 0 Å². The molecule has 0 bridgehead atoms. The van der Waals surface area contributed by atoms with Crippen molar-refractivity contribution >= 4 is 5.97 Å². The van der Waals surface area contributed by atoms with Crippen LogP contribution in [0, 0.1) is 0 Å². The van der Waals surface area contributed by atoms with E-state index in [2.05, 4.69) is 9.97 Å². The van der Waals surface area contributed by atoms with Gasteiger partial charge in [0.25, 0.3) is 0 Å². The molecule has 12 heavy (non-hydrogen) atoms. The van der Waals surface area contributed by atoms with Gasteiger partial charge in [-0.3, -0.25) is 4.79 Å². The summed E-state index contributed by atoms with van der Waals surface area (Å²) in [6.07, 6.45) is 3.27. The second-order valence-electron chi connectivity index (χ2n) is 2.31. The standard InChI is InChI=1S/C7H9N3O2/c8-5(7(11)12)4-6-9-2-1-3-10-6/h1-3,5H,4,8H2,(H,11,12)/t5-/m1/s1. The highest BCUT2D eigenvalue weighted by Gasteiger charge is 2.12.